The number of hydrogen-bond acceptors (Lipinski definition) is 5. The number of likely N-dealkylation sites (N-methyl/N-ethyl adjacent to an activating group) is 1. The Morgan fingerprint density at radius 1 is 1.23 bits per heavy atom. The van der Waals surface area contributed by atoms with Crippen LogP contribution in [0.3, 0.4) is 0 Å². The summed E-state index contributed by atoms with van der Waals surface area (Å²) in [7, 11) is 3.77. The number of nitriles is 1. The van der Waals surface area contributed by atoms with E-state index in [9.17, 15) is 10.1 Å². The molecule has 3 aromatic rings. The molecule has 35 heavy (non-hydrogen) atoms. The van der Waals surface area contributed by atoms with Crippen LogP contribution in [0.5, 0.6) is 11.5 Å². The number of rotatable bonds is 6. The third-order valence-corrected chi connectivity index (χ3v) is 7.36. The third-order valence-electron chi connectivity index (χ3n) is 7.36. The lowest BCUT2D eigenvalue weighted by Gasteiger charge is -2.33. The van der Waals surface area contributed by atoms with E-state index >= 15 is 0 Å². The van der Waals surface area contributed by atoms with Crippen molar-refractivity contribution in [1.82, 2.24) is 14.5 Å². The number of carbonyl (C=O) groups excluding carboxylic acids is 1. The van der Waals surface area contributed by atoms with E-state index in [1.807, 2.05) is 66.9 Å². The van der Waals surface area contributed by atoms with Crippen molar-refractivity contribution in [2.24, 2.45) is 12.8 Å². The standard InChI is InChI=1S/C28H33N5O2/c1-5-28(14-6-7-15-32(3)26(28)34)21-11-9-12-22(16-21)35-25-20(17-29)10-8-13-23(25)27(2,30)24-18-31-19-33(24)4/h8-13,16,18-19H,5-7,14-15,30H2,1-4H3/t27-,28-/m0/s1. The van der Waals surface area contributed by atoms with Gasteiger partial charge in [0.15, 0.2) is 5.75 Å². The summed E-state index contributed by atoms with van der Waals surface area (Å²) in [5.41, 5.74) is 8.10. The fourth-order valence-electron chi connectivity index (χ4n) is 5.26. The Morgan fingerprint density at radius 3 is 2.69 bits per heavy atom. The van der Waals surface area contributed by atoms with Crippen LogP contribution in [0.25, 0.3) is 0 Å². The molecule has 0 bridgehead atoms. The zero-order chi connectivity index (χ0) is 25.2. The number of ether oxygens (including phenoxy) is 1. The van der Waals surface area contributed by atoms with Crippen LogP contribution in [-0.4, -0.2) is 34.0 Å². The highest BCUT2D eigenvalue weighted by Crippen LogP contribution is 2.41. The van der Waals surface area contributed by atoms with E-state index in [0.29, 0.717) is 29.0 Å². The van der Waals surface area contributed by atoms with Crippen LogP contribution in [-0.2, 0) is 22.8 Å². The molecule has 182 valence electrons. The fourth-order valence-corrected chi connectivity index (χ4v) is 5.26. The number of aryl methyl sites for hydroxylation is 1. The second-order valence-electron chi connectivity index (χ2n) is 9.64. The summed E-state index contributed by atoms with van der Waals surface area (Å²) in [5, 5.41) is 9.87. The third kappa shape index (κ3) is 4.30. The average molecular weight is 472 g/mol. The largest absolute Gasteiger partial charge is 0.456 e. The van der Waals surface area contributed by atoms with Crippen molar-refractivity contribution in [2.45, 2.75) is 50.5 Å². The van der Waals surface area contributed by atoms with Crippen molar-refractivity contribution < 1.29 is 9.53 Å². The second kappa shape index (κ2) is 9.55. The van der Waals surface area contributed by atoms with Crippen molar-refractivity contribution in [3.05, 3.63) is 77.4 Å². The molecule has 2 atom stereocenters. The number of para-hydroxylation sites is 1. The van der Waals surface area contributed by atoms with Gasteiger partial charge in [0, 0.05) is 26.2 Å². The van der Waals surface area contributed by atoms with Gasteiger partial charge in [-0.15, -0.1) is 0 Å². The molecular formula is C28H33N5O2. The molecule has 0 radical (unpaired) electrons. The number of hydrogen-bond donors (Lipinski definition) is 1. The number of carbonyl (C=O) groups is 1. The highest BCUT2D eigenvalue weighted by molar-refractivity contribution is 5.88. The summed E-state index contributed by atoms with van der Waals surface area (Å²) in [6, 6.07) is 15.4. The maximum absolute atomic E-state index is 13.4. The van der Waals surface area contributed by atoms with E-state index in [1.54, 1.807) is 18.6 Å². The number of imidazole rings is 1. The van der Waals surface area contributed by atoms with Crippen LogP contribution in [0, 0.1) is 11.3 Å². The topological polar surface area (TPSA) is 97.2 Å². The van der Waals surface area contributed by atoms with Gasteiger partial charge in [-0.1, -0.05) is 37.6 Å². The molecule has 1 saturated heterocycles. The van der Waals surface area contributed by atoms with Crippen LogP contribution >= 0.6 is 0 Å². The lowest BCUT2D eigenvalue weighted by atomic mass is 9.73. The number of likely N-dealkylation sites (tertiary alicyclic amines) is 1. The molecule has 1 aliphatic heterocycles. The minimum atomic E-state index is -0.949. The van der Waals surface area contributed by atoms with Gasteiger partial charge < -0.3 is 19.9 Å². The summed E-state index contributed by atoms with van der Waals surface area (Å²) in [6.45, 7) is 4.73. The van der Waals surface area contributed by atoms with Gasteiger partial charge in [0.05, 0.1) is 34.7 Å². The second-order valence-corrected chi connectivity index (χ2v) is 9.64. The van der Waals surface area contributed by atoms with Gasteiger partial charge in [-0.2, -0.15) is 5.26 Å². The average Bonchev–Trinajstić information content (AvgIpc) is 3.24. The molecule has 2 N–H and O–H groups in total. The Morgan fingerprint density at radius 2 is 2.00 bits per heavy atom. The van der Waals surface area contributed by atoms with Crippen molar-refractivity contribution in [3.63, 3.8) is 0 Å². The van der Waals surface area contributed by atoms with Gasteiger partial charge in [-0.3, -0.25) is 4.79 Å². The van der Waals surface area contributed by atoms with Crippen molar-refractivity contribution in [2.75, 3.05) is 13.6 Å². The van der Waals surface area contributed by atoms with Crippen LogP contribution in [0.15, 0.2) is 55.0 Å². The maximum Gasteiger partial charge on any atom is 0.232 e. The Labute approximate surface area is 207 Å². The van der Waals surface area contributed by atoms with Gasteiger partial charge in [0.1, 0.15) is 11.8 Å². The zero-order valence-electron chi connectivity index (χ0n) is 20.9. The molecule has 7 nitrogen and oxygen atoms in total. The molecule has 0 saturated carbocycles. The predicted molar refractivity (Wildman–Crippen MR) is 135 cm³/mol. The van der Waals surface area contributed by atoms with E-state index in [1.165, 1.54) is 0 Å². The lowest BCUT2D eigenvalue weighted by Crippen LogP contribution is -2.43. The van der Waals surface area contributed by atoms with E-state index in [4.69, 9.17) is 10.5 Å². The molecule has 1 amide bonds. The first-order chi connectivity index (χ1) is 16.7. The maximum atomic E-state index is 13.4. The van der Waals surface area contributed by atoms with Gasteiger partial charge in [0.25, 0.3) is 0 Å². The Balaban J connectivity index is 1.79. The molecule has 2 heterocycles. The monoisotopic (exact) mass is 471 g/mol. The molecule has 1 aliphatic rings. The normalized spacial score (nSPS) is 20.1. The molecule has 1 fully saturated rings. The summed E-state index contributed by atoms with van der Waals surface area (Å²) in [4.78, 5) is 19.5. The molecule has 2 aromatic carbocycles. The quantitative estimate of drug-likeness (QED) is 0.567. The van der Waals surface area contributed by atoms with Gasteiger partial charge >= 0.3 is 0 Å². The molecule has 1 aromatic heterocycles. The fraction of sp³-hybridized carbons (Fsp3) is 0.393. The first-order valence-corrected chi connectivity index (χ1v) is 12.1. The predicted octanol–water partition coefficient (Wildman–Crippen LogP) is 4.60. The molecule has 0 unspecified atom stereocenters. The van der Waals surface area contributed by atoms with E-state index in [2.05, 4.69) is 18.0 Å². The first kappa shape index (κ1) is 24.5. The lowest BCUT2D eigenvalue weighted by molar-refractivity contribution is -0.135. The van der Waals surface area contributed by atoms with Crippen molar-refractivity contribution >= 4 is 5.91 Å². The number of benzene rings is 2. The highest BCUT2D eigenvalue weighted by Gasteiger charge is 2.41. The minimum absolute atomic E-state index is 0.151. The molecule has 0 spiro atoms. The highest BCUT2D eigenvalue weighted by atomic mass is 16.5. The number of nitrogens with two attached hydrogens (primary N) is 1. The van der Waals surface area contributed by atoms with Crippen molar-refractivity contribution in [1.29, 1.82) is 5.26 Å². The van der Waals surface area contributed by atoms with Gasteiger partial charge in [0.2, 0.25) is 5.91 Å². The number of nitrogens with zero attached hydrogens (tertiary/aromatic N) is 4. The Bertz CT molecular complexity index is 1270. The van der Waals surface area contributed by atoms with Crippen LogP contribution < -0.4 is 10.5 Å². The zero-order valence-corrected chi connectivity index (χ0v) is 20.9. The van der Waals surface area contributed by atoms with E-state index in [-0.39, 0.29) is 5.91 Å². The van der Waals surface area contributed by atoms with E-state index < -0.39 is 11.0 Å². The van der Waals surface area contributed by atoms with Crippen molar-refractivity contribution in [3.8, 4) is 17.6 Å². The van der Waals surface area contributed by atoms with Gasteiger partial charge in [-0.25, -0.2) is 4.98 Å². The minimum Gasteiger partial charge on any atom is -0.456 e. The summed E-state index contributed by atoms with van der Waals surface area (Å²) in [5.74, 6) is 1.13. The summed E-state index contributed by atoms with van der Waals surface area (Å²) < 4.78 is 8.28. The molecule has 0 aliphatic carbocycles. The smallest absolute Gasteiger partial charge is 0.232 e. The first-order valence-electron chi connectivity index (χ1n) is 12.1. The Hall–Kier alpha value is -3.63. The van der Waals surface area contributed by atoms with Crippen LogP contribution in [0.2, 0.25) is 0 Å². The van der Waals surface area contributed by atoms with Crippen LogP contribution in [0.1, 0.15) is 61.9 Å². The summed E-state index contributed by atoms with van der Waals surface area (Å²) >= 11 is 0. The number of amides is 1. The SMILES string of the molecule is CC[C@@]1(c2cccc(Oc3c(C#N)cccc3[C@](C)(N)c3cncn3C)c2)CCCCN(C)C1=O. The van der Waals surface area contributed by atoms with Crippen LogP contribution in [0.4, 0.5) is 0 Å². The molecular weight excluding hydrogens is 438 g/mol. The summed E-state index contributed by atoms with van der Waals surface area (Å²) in [6.07, 6.45) is 6.93. The number of aromatic nitrogens is 2. The Kier molecular flexibility index (Phi) is 6.68. The van der Waals surface area contributed by atoms with Gasteiger partial charge in [-0.05, 0) is 49.9 Å². The molecule has 7 heteroatoms. The molecule has 4 rings (SSSR count). The van der Waals surface area contributed by atoms with E-state index in [0.717, 1.165) is 37.1 Å².